The minimum absolute atomic E-state index is 0.0957. The number of hydrogen-bond acceptors (Lipinski definition) is 5. The second-order valence-electron chi connectivity index (χ2n) is 12.5. The van der Waals surface area contributed by atoms with E-state index in [1.165, 1.54) is 6.92 Å². The Morgan fingerprint density at radius 1 is 1.00 bits per heavy atom. The molecule has 200 valence electrons. The third kappa shape index (κ3) is 5.19. The van der Waals surface area contributed by atoms with Gasteiger partial charge in [-0.1, -0.05) is 27.4 Å². The van der Waals surface area contributed by atoms with Gasteiger partial charge in [-0.25, -0.2) is 4.79 Å². The highest BCUT2D eigenvalue weighted by Crippen LogP contribution is 2.68. The average molecular weight is 495 g/mol. The van der Waals surface area contributed by atoms with E-state index in [0.717, 1.165) is 44.9 Å². The van der Waals surface area contributed by atoms with Crippen molar-refractivity contribution in [2.75, 3.05) is 0 Å². The van der Waals surface area contributed by atoms with Gasteiger partial charge in [0.15, 0.2) is 0 Å². The molecule has 0 bridgehead atoms. The summed E-state index contributed by atoms with van der Waals surface area (Å²) in [4.78, 5) is 20.7. The van der Waals surface area contributed by atoms with Crippen molar-refractivity contribution in [3.63, 3.8) is 0 Å². The fourth-order valence-corrected chi connectivity index (χ4v) is 8.68. The van der Waals surface area contributed by atoms with Crippen LogP contribution in [0.15, 0.2) is 12.2 Å². The zero-order valence-electron chi connectivity index (χ0n) is 21.8. The Morgan fingerprint density at radius 2 is 1.63 bits per heavy atom. The van der Waals surface area contributed by atoms with Crippen molar-refractivity contribution in [3.8, 4) is 0 Å². The van der Waals surface area contributed by atoms with Gasteiger partial charge in [0, 0.05) is 12.0 Å². The molecule has 0 aromatic rings. The molecular weight excluding hydrogens is 448 g/mol. The van der Waals surface area contributed by atoms with Gasteiger partial charge in [-0.15, -0.1) is 0 Å². The van der Waals surface area contributed by atoms with Gasteiger partial charge in [0.1, 0.15) is 0 Å². The number of carbonyl (C=O) groups is 2. The van der Waals surface area contributed by atoms with Crippen LogP contribution in [0, 0.1) is 46.3 Å². The predicted octanol–water partition coefficient (Wildman–Crippen LogP) is 4.10. The van der Waals surface area contributed by atoms with E-state index in [4.69, 9.17) is 10.2 Å². The number of carboxylic acid groups (broad SMARTS) is 2. The average Bonchev–Trinajstić information content (AvgIpc) is 3.13. The van der Waals surface area contributed by atoms with Gasteiger partial charge in [-0.05, 0) is 105 Å². The zero-order chi connectivity index (χ0) is 26.3. The third-order valence-electron chi connectivity index (χ3n) is 10.7. The second kappa shape index (κ2) is 10.5. The Balaban J connectivity index is 0.000000509. The molecule has 4 fully saturated rings. The fraction of sp³-hybridized carbons (Fsp3) is 0.857. The number of aliphatic hydroxyl groups is 3. The van der Waals surface area contributed by atoms with Crippen molar-refractivity contribution < 1.29 is 35.1 Å². The molecule has 11 atom stereocenters. The van der Waals surface area contributed by atoms with Crippen molar-refractivity contribution in [2.24, 2.45) is 46.3 Å². The Morgan fingerprint density at radius 3 is 2.20 bits per heavy atom. The van der Waals surface area contributed by atoms with Gasteiger partial charge in [0.05, 0.1) is 18.3 Å². The molecule has 4 aliphatic rings. The smallest absolute Gasteiger partial charge is 0.330 e. The summed E-state index contributed by atoms with van der Waals surface area (Å²) >= 11 is 0. The maximum atomic E-state index is 11.5. The summed E-state index contributed by atoms with van der Waals surface area (Å²) < 4.78 is 0. The van der Waals surface area contributed by atoms with Crippen LogP contribution in [-0.4, -0.2) is 55.8 Å². The molecule has 4 saturated carbocycles. The lowest BCUT2D eigenvalue weighted by Crippen LogP contribution is -2.62. The molecule has 0 aromatic heterocycles. The van der Waals surface area contributed by atoms with Gasteiger partial charge in [0.2, 0.25) is 0 Å². The maximum absolute atomic E-state index is 11.5. The van der Waals surface area contributed by atoms with Crippen LogP contribution in [0.1, 0.15) is 85.5 Å². The van der Waals surface area contributed by atoms with Gasteiger partial charge in [-0.2, -0.15) is 0 Å². The molecule has 7 nitrogen and oxygen atoms in total. The summed E-state index contributed by atoms with van der Waals surface area (Å²) in [6, 6.07) is 0. The lowest BCUT2D eigenvalue weighted by molar-refractivity contribution is -0.207. The van der Waals surface area contributed by atoms with E-state index in [9.17, 15) is 24.9 Å². The van der Waals surface area contributed by atoms with Gasteiger partial charge >= 0.3 is 11.9 Å². The number of rotatable bonds is 5. The summed E-state index contributed by atoms with van der Waals surface area (Å²) in [6.07, 6.45) is 6.00. The van der Waals surface area contributed by atoms with Gasteiger partial charge in [-0.3, -0.25) is 4.79 Å². The van der Waals surface area contributed by atoms with E-state index in [1.807, 2.05) is 0 Å². The fourth-order valence-electron chi connectivity index (χ4n) is 8.68. The van der Waals surface area contributed by atoms with Crippen molar-refractivity contribution >= 4 is 11.9 Å². The van der Waals surface area contributed by atoms with E-state index in [-0.39, 0.29) is 46.9 Å². The number of aliphatic hydroxyl groups excluding tert-OH is 3. The van der Waals surface area contributed by atoms with Crippen molar-refractivity contribution in [2.45, 2.75) is 104 Å². The van der Waals surface area contributed by atoms with Crippen LogP contribution in [0.3, 0.4) is 0 Å². The third-order valence-corrected chi connectivity index (χ3v) is 10.7. The highest BCUT2D eigenvalue weighted by Gasteiger charge is 2.65. The predicted molar refractivity (Wildman–Crippen MR) is 132 cm³/mol. The largest absolute Gasteiger partial charge is 0.481 e. The molecule has 0 amide bonds. The minimum atomic E-state index is -0.935. The van der Waals surface area contributed by atoms with Crippen LogP contribution in [0.5, 0.6) is 0 Å². The second-order valence-corrected chi connectivity index (χ2v) is 12.5. The highest BCUT2D eigenvalue weighted by molar-refractivity contribution is 5.84. The molecule has 0 spiro atoms. The molecule has 7 heteroatoms. The van der Waals surface area contributed by atoms with Crippen molar-refractivity contribution in [1.29, 1.82) is 0 Å². The Kier molecular flexibility index (Phi) is 8.45. The highest BCUT2D eigenvalue weighted by atomic mass is 16.4. The van der Waals surface area contributed by atoms with Crippen molar-refractivity contribution in [1.82, 2.24) is 0 Å². The lowest BCUT2D eigenvalue weighted by atomic mass is 9.43. The van der Waals surface area contributed by atoms with Crippen LogP contribution >= 0.6 is 0 Å². The molecule has 0 aromatic carbocycles. The van der Waals surface area contributed by atoms with E-state index in [0.29, 0.717) is 30.1 Å². The van der Waals surface area contributed by atoms with Crippen LogP contribution in [0.4, 0.5) is 0 Å². The first-order valence-corrected chi connectivity index (χ1v) is 13.4. The summed E-state index contributed by atoms with van der Waals surface area (Å²) in [6.45, 7) is 11.3. The SMILES string of the molecule is C=C(C)C(=O)O.C[C@H](CCC(=O)O)[C@H]1CC[C@H]2[C@@H]3[C@H](O)C[C@@H]4C[C@H](O)CC[C@]4(C)[C@H]3C[C@H](O)[C@]12C. The van der Waals surface area contributed by atoms with Gasteiger partial charge < -0.3 is 25.5 Å². The van der Waals surface area contributed by atoms with E-state index >= 15 is 0 Å². The van der Waals surface area contributed by atoms with Crippen LogP contribution in [-0.2, 0) is 9.59 Å². The molecule has 0 saturated heterocycles. The first-order valence-electron chi connectivity index (χ1n) is 13.4. The number of fused-ring (bicyclic) bond motifs is 5. The van der Waals surface area contributed by atoms with Crippen LogP contribution in [0.2, 0.25) is 0 Å². The molecule has 35 heavy (non-hydrogen) atoms. The molecular formula is C28H46O7. The minimum Gasteiger partial charge on any atom is -0.481 e. The number of hydrogen-bond donors (Lipinski definition) is 5. The summed E-state index contributed by atoms with van der Waals surface area (Å²) in [5, 5.41) is 49.9. The number of carboxylic acids is 2. The first-order chi connectivity index (χ1) is 16.2. The first kappa shape index (κ1) is 28.1. The van der Waals surface area contributed by atoms with Crippen molar-refractivity contribution in [3.05, 3.63) is 12.2 Å². The lowest BCUT2D eigenvalue weighted by Gasteiger charge is -2.63. The van der Waals surface area contributed by atoms with Crippen LogP contribution in [0.25, 0.3) is 0 Å². The standard InChI is InChI=1S/C24H40O5.C4H6O2/c1-13(4-7-21(28)29)16-5-6-17-22-18(12-20(27)24(16,17)3)23(2)9-8-15(25)10-14(23)11-19(22)26;1-3(2)4(5)6/h13-20,22,25-27H,4-12H2,1-3H3,(H,28,29);1H2,2H3,(H,5,6)/t13-,14+,15-,16-,17+,18+,19-,20+,22+,23+,24-;/m1./s1. The van der Waals surface area contributed by atoms with E-state index in [2.05, 4.69) is 27.4 Å². The summed E-state index contributed by atoms with van der Waals surface area (Å²) in [7, 11) is 0. The molecule has 0 radical (unpaired) electrons. The number of aliphatic carboxylic acids is 2. The van der Waals surface area contributed by atoms with E-state index in [1.54, 1.807) is 0 Å². The summed E-state index contributed by atoms with van der Waals surface area (Å²) in [5.41, 5.74) is 0.0330. The van der Waals surface area contributed by atoms with Crippen LogP contribution < -0.4 is 0 Å². The Hall–Kier alpha value is -1.44. The molecule has 4 rings (SSSR count). The summed E-state index contributed by atoms with van der Waals surface area (Å²) in [5.74, 6) is 0.0623. The molecule has 0 heterocycles. The zero-order valence-corrected chi connectivity index (χ0v) is 21.8. The molecule has 0 unspecified atom stereocenters. The van der Waals surface area contributed by atoms with Gasteiger partial charge in [0.25, 0.3) is 0 Å². The van der Waals surface area contributed by atoms with E-state index < -0.39 is 18.0 Å². The quantitative estimate of drug-likeness (QED) is 0.363. The normalized spacial score (nSPS) is 45.1. The monoisotopic (exact) mass is 494 g/mol. The Bertz CT molecular complexity index is 799. The maximum Gasteiger partial charge on any atom is 0.330 e. The molecule has 0 aliphatic heterocycles. The molecule has 5 N–H and O–H groups in total. The topological polar surface area (TPSA) is 135 Å². The molecule has 4 aliphatic carbocycles. The Labute approximate surface area is 209 Å².